The fourth-order valence-corrected chi connectivity index (χ4v) is 2.66. The lowest BCUT2D eigenvalue weighted by Gasteiger charge is -2.34. The average molecular weight is 295 g/mol. The molecule has 1 fully saturated rings. The van der Waals surface area contributed by atoms with E-state index in [1.807, 2.05) is 0 Å². The van der Waals surface area contributed by atoms with Gasteiger partial charge in [-0.05, 0) is 11.6 Å². The number of benzene rings is 1. The first-order chi connectivity index (χ1) is 9.63. The molecule has 0 aromatic heterocycles. The van der Waals surface area contributed by atoms with E-state index in [4.69, 9.17) is 16.9 Å². The molecule has 2 rings (SSSR count). The Labute approximate surface area is 122 Å². The Kier molecular flexibility index (Phi) is 4.90. The summed E-state index contributed by atoms with van der Waals surface area (Å²) in [5.41, 5.74) is 0.659. The van der Waals surface area contributed by atoms with Gasteiger partial charge in [0.1, 0.15) is 0 Å². The largest absolute Gasteiger partial charge is 0.314 e. The SMILES string of the molecule is N#CC[C@@H](c1cc([N+](=O)[O-])ccc1Cl)N1CCNCC1. The summed E-state index contributed by atoms with van der Waals surface area (Å²) in [6.45, 7) is 3.28. The smallest absolute Gasteiger partial charge is 0.269 e. The number of hydrogen-bond acceptors (Lipinski definition) is 5. The molecule has 0 spiro atoms. The van der Waals surface area contributed by atoms with Crippen molar-refractivity contribution in [2.24, 2.45) is 0 Å². The summed E-state index contributed by atoms with van der Waals surface area (Å²) < 4.78 is 0. The predicted molar refractivity (Wildman–Crippen MR) is 75.5 cm³/mol. The summed E-state index contributed by atoms with van der Waals surface area (Å²) in [6.07, 6.45) is 0.265. The fraction of sp³-hybridized carbons (Fsp3) is 0.462. The van der Waals surface area contributed by atoms with Gasteiger partial charge in [-0.1, -0.05) is 11.6 Å². The highest BCUT2D eigenvalue weighted by Gasteiger charge is 2.25. The minimum atomic E-state index is -0.443. The van der Waals surface area contributed by atoms with Crippen molar-refractivity contribution in [3.63, 3.8) is 0 Å². The van der Waals surface area contributed by atoms with E-state index in [9.17, 15) is 10.1 Å². The van der Waals surface area contributed by atoms with Gasteiger partial charge in [0.25, 0.3) is 5.69 Å². The Hall–Kier alpha value is -1.68. The van der Waals surface area contributed by atoms with Crippen LogP contribution in [0.1, 0.15) is 18.0 Å². The molecule has 1 atom stereocenters. The van der Waals surface area contributed by atoms with Crippen LogP contribution in [0.5, 0.6) is 0 Å². The molecule has 1 aliphatic rings. The highest BCUT2D eigenvalue weighted by atomic mass is 35.5. The standard InChI is InChI=1S/C13H15ClN4O2/c14-12-2-1-10(18(19)20)9-11(12)13(3-4-15)17-7-5-16-6-8-17/h1-2,9,13,16H,3,5-8H2/t13-/m0/s1. The van der Waals surface area contributed by atoms with E-state index in [0.29, 0.717) is 10.6 Å². The van der Waals surface area contributed by atoms with E-state index >= 15 is 0 Å². The Bertz CT molecular complexity index is 538. The van der Waals surface area contributed by atoms with Gasteiger partial charge in [-0.3, -0.25) is 15.0 Å². The second-order valence-electron chi connectivity index (χ2n) is 4.63. The van der Waals surface area contributed by atoms with E-state index in [2.05, 4.69) is 16.3 Å². The normalized spacial score (nSPS) is 17.4. The molecular formula is C13H15ClN4O2. The minimum Gasteiger partial charge on any atom is -0.314 e. The molecular weight excluding hydrogens is 280 g/mol. The van der Waals surface area contributed by atoms with Gasteiger partial charge >= 0.3 is 0 Å². The van der Waals surface area contributed by atoms with E-state index in [-0.39, 0.29) is 18.2 Å². The summed E-state index contributed by atoms with van der Waals surface area (Å²) in [7, 11) is 0. The van der Waals surface area contributed by atoms with Crippen LogP contribution in [0.25, 0.3) is 0 Å². The van der Waals surface area contributed by atoms with Crippen molar-refractivity contribution in [2.75, 3.05) is 26.2 Å². The molecule has 1 aromatic rings. The highest BCUT2D eigenvalue weighted by Crippen LogP contribution is 2.33. The number of nitro benzene ring substituents is 1. The molecule has 0 unspecified atom stereocenters. The van der Waals surface area contributed by atoms with Crippen LogP contribution in [0.15, 0.2) is 18.2 Å². The van der Waals surface area contributed by atoms with Gasteiger partial charge < -0.3 is 5.32 Å². The number of nitrogens with one attached hydrogen (secondary N) is 1. The molecule has 1 N–H and O–H groups in total. The van der Waals surface area contributed by atoms with Gasteiger partial charge in [-0.2, -0.15) is 5.26 Å². The molecule has 1 heterocycles. The number of halogens is 1. The van der Waals surface area contributed by atoms with Crippen molar-refractivity contribution in [3.8, 4) is 6.07 Å². The molecule has 1 saturated heterocycles. The molecule has 0 amide bonds. The van der Waals surface area contributed by atoms with Crippen molar-refractivity contribution in [3.05, 3.63) is 38.9 Å². The zero-order valence-electron chi connectivity index (χ0n) is 10.9. The summed E-state index contributed by atoms with van der Waals surface area (Å²) in [4.78, 5) is 12.6. The number of nitrogens with zero attached hydrogens (tertiary/aromatic N) is 3. The van der Waals surface area contributed by atoms with Crippen molar-refractivity contribution in [1.29, 1.82) is 5.26 Å². The highest BCUT2D eigenvalue weighted by molar-refractivity contribution is 6.31. The summed E-state index contributed by atoms with van der Waals surface area (Å²) >= 11 is 6.18. The molecule has 1 aliphatic heterocycles. The van der Waals surface area contributed by atoms with E-state index in [0.717, 1.165) is 26.2 Å². The molecule has 6 nitrogen and oxygen atoms in total. The molecule has 7 heteroatoms. The number of non-ortho nitro benzene ring substituents is 1. The Balaban J connectivity index is 2.35. The maximum atomic E-state index is 10.9. The molecule has 1 aromatic carbocycles. The van der Waals surface area contributed by atoms with Crippen molar-refractivity contribution >= 4 is 17.3 Å². The third kappa shape index (κ3) is 3.25. The maximum Gasteiger partial charge on any atom is 0.269 e. The molecule has 20 heavy (non-hydrogen) atoms. The van der Waals surface area contributed by atoms with Crippen LogP contribution in [0, 0.1) is 21.4 Å². The van der Waals surface area contributed by atoms with Gasteiger partial charge in [-0.15, -0.1) is 0 Å². The third-order valence-electron chi connectivity index (χ3n) is 3.43. The van der Waals surface area contributed by atoms with Crippen molar-refractivity contribution in [1.82, 2.24) is 10.2 Å². The van der Waals surface area contributed by atoms with Gasteiger partial charge in [0.05, 0.1) is 17.4 Å². The summed E-state index contributed by atoms with van der Waals surface area (Å²) in [6, 6.07) is 6.34. The number of hydrogen-bond donors (Lipinski definition) is 1. The van der Waals surface area contributed by atoms with Crippen LogP contribution < -0.4 is 5.32 Å². The number of piperazine rings is 1. The molecule has 0 saturated carbocycles. The van der Waals surface area contributed by atoms with Gasteiger partial charge in [0.2, 0.25) is 0 Å². The Morgan fingerprint density at radius 3 is 2.80 bits per heavy atom. The Morgan fingerprint density at radius 2 is 2.20 bits per heavy atom. The predicted octanol–water partition coefficient (Wildman–Crippen LogP) is 2.11. The zero-order valence-corrected chi connectivity index (χ0v) is 11.6. The molecule has 0 radical (unpaired) electrons. The van der Waals surface area contributed by atoms with E-state index in [1.165, 1.54) is 18.2 Å². The van der Waals surface area contributed by atoms with Gasteiger partial charge in [0, 0.05) is 49.4 Å². The van der Waals surface area contributed by atoms with Crippen LogP contribution in [0.3, 0.4) is 0 Å². The van der Waals surface area contributed by atoms with Crippen molar-refractivity contribution < 1.29 is 4.92 Å². The van der Waals surface area contributed by atoms with Crippen LogP contribution in [-0.2, 0) is 0 Å². The number of nitro groups is 1. The number of nitriles is 1. The summed E-state index contributed by atoms with van der Waals surface area (Å²) in [5.74, 6) is 0. The molecule has 0 bridgehead atoms. The van der Waals surface area contributed by atoms with Gasteiger partial charge in [-0.25, -0.2) is 0 Å². The van der Waals surface area contributed by atoms with Gasteiger partial charge in [0.15, 0.2) is 0 Å². The lowest BCUT2D eigenvalue weighted by Crippen LogP contribution is -2.45. The quantitative estimate of drug-likeness (QED) is 0.679. The van der Waals surface area contributed by atoms with Crippen LogP contribution in [0.2, 0.25) is 5.02 Å². The van der Waals surface area contributed by atoms with E-state index in [1.54, 1.807) is 0 Å². The second-order valence-corrected chi connectivity index (χ2v) is 5.03. The lowest BCUT2D eigenvalue weighted by molar-refractivity contribution is -0.385. The average Bonchev–Trinajstić information content (AvgIpc) is 2.46. The minimum absolute atomic E-state index is 0.00229. The lowest BCUT2D eigenvalue weighted by atomic mass is 10.0. The van der Waals surface area contributed by atoms with Crippen molar-refractivity contribution in [2.45, 2.75) is 12.5 Å². The van der Waals surface area contributed by atoms with Crippen LogP contribution >= 0.6 is 11.6 Å². The first-order valence-corrected chi connectivity index (χ1v) is 6.77. The van der Waals surface area contributed by atoms with Crippen LogP contribution in [0.4, 0.5) is 5.69 Å². The maximum absolute atomic E-state index is 10.9. The monoisotopic (exact) mass is 294 g/mol. The fourth-order valence-electron chi connectivity index (χ4n) is 2.42. The summed E-state index contributed by atoms with van der Waals surface area (Å²) in [5, 5.41) is 23.6. The number of rotatable bonds is 4. The third-order valence-corrected chi connectivity index (χ3v) is 3.77. The topological polar surface area (TPSA) is 82.2 Å². The zero-order chi connectivity index (χ0) is 14.5. The Morgan fingerprint density at radius 1 is 1.50 bits per heavy atom. The first-order valence-electron chi connectivity index (χ1n) is 6.39. The van der Waals surface area contributed by atoms with Crippen LogP contribution in [-0.4, -0.2) is 36.0 Å². The molecule has 106 valence electrons. The molecule has 0 aliphatic carbocycles. The first kappa shape index (κ1) is 14.7. The second kappa shape index (κ2) is 6.66. The van der Waals surface area contributed by atoms with E-state index < -0.39 is 4.92 Å².